The Hall–Kier alpha value is -1.88. The lowest BCUT2D eigenvalue weighted by atomic mass is 9.78. The van der Waals surface area contributed by atoms with Gasteiger partial charge in [0, 0.05) is 18.8 Å². The van der Waals surface area contributed by atoms with Crippen LogP contribution < -0.4 is 10.6 Å². The quantitative estimate of drug-likeness (QED) is 0.832. The fourth-order valence-electron chi connectivity index (χ4n) is 4.38. The van der Waals surface area contributed by atoms with E-state index in [9.17, 15) is 4.79 Å². The summed E-state index contributed by atoms with van der Waals surface area (Å²) >= 11 is 6.13. The zero-order valence-electron chi connectivity index (χ0n) is 15.5. The second kappa shape index (κ2) is 8.01. The Morgan fingerprint density at radius 2 is 1.93 bits per heavy atom. The predicted octanol–water partition coefficient (Wildman–Crippen LogP) is 4.17. The smallest absolute Gasteiger partial charge is 0.257 e. The summed E-state index contributed by atoms with van der Waals surface area (Å²) in [6, 6.07) is 15.3. The molecule has 2 aliphatic heterocycles. The van der Waals surface area contributed by atoms with E-state index in [1.54, 1.807) is 12.1 Å². The average Bonchev–Trinajstić information content (AvgIpc) is 3.04. The van der Waals surface area contributed by atoms with E-state index >= 15 is 0 Å². The van der Waals surface area contributed by atoms with Gasteiger partial charge in [-0.15, -0.1) is 0 Å². The van der Waals surface area contributed by atoms with Crippen LogP contribution in [0.5, 0.6) is 0 Å². The molecule has 5 heteroatoms. The van der Waals surface area contributed by atoms with Crippen molar-refractivity contribution in [2.24, 2.45) is 5.41 Å². The monoisotopic (exact) mass is 383 g/mol. The van der Waals surface area contributed by atoms with E-state index in [0.29, 0.717) is 16.0 Å². The SMILES string of the molecule is O=C(Nc1cccc(CN2CCC3(CCNCC3)C2)c1)c1ccccc1Cl. The number of halogens is 1. The van der Waals surface area contributed by atoms with Crippen LogP contribution >= 0.6 is 11.6 Å². The molecule has 2 heterocycles. The number of piperidine rings is 1. The van der Waals surface area contributed by atoms with Crippen LogP contribution in [-0.2, 0) is 6.54 Å². The molecule has 27 heavy (non-hydrogen) atoms. The van der Waals surface area contributed by atoms with Gasteiger partial charge in [0.15, 0.2) is 0 Å². The summed E-state index contributed by atoms with van der Waals surface area (Å²) in [7, 11) is 0. The number of amides is 1. The fourth-order valence-corrected chi connectivity index (χ4v) is 4.60. The predicted molar refractivity (Wildman–Crippen MR) is 110 cm³/mol. The van der Waals surface area contributed by atoms with Crippen molar-refractivity contribution >= 4 is 23.2 Å². The highest BCUT2D eigenvalue weighted by Gasteiger charge is 2.38. The topological polar surface area (TPSA) is 44.4 Å². The van der Waals surface area contributed by atoms with Crippen LogP contribution in [0.25, 0.3) is 0 Å². The molecule has 0 bridgehead atoms. The van der Waals surface area contributed by atoms with Gasteiger partial charge in [0.25, 0.3) is 5.91 Å². The van der Waals surface area contributed by atoms with Crippen LogP contribution in [0.1, 0.15) is 35.2 Å². The number of hydrogen-bond acceptors (Lipinski definition) is 3. The van der Waals surface area contributed by atoms with Crippen LogP contribution in [0.2, 0.25) is 5.02 Å². The molecule has 2 N–H and O–H groups in total. The standard InChI is InChI=1S/C22H26ClN3O/c23-20-7-2-1-6-19(20)21(27)25-18-5-3-4-17(14-18)15-26-13-10-22(16-26)8-11-24-12-9-22/h1-7,14,24H,8-13,15-16H2,(H,25,27). The van der Waals surface area contributed by atoms with E-state index in [1.807, 2.05) is 24.3 Å². The molecule has 0 atom stereocenters. The minimum absolute atomic E-state index is 0.174. The second-order valence-electron chi connectivity index (χ2n) is 7.85. The molecule has 0 radical (unpaired) electrons. The van der Waals surface area contributed by atoms with Crippen molar-refractivity contribution in [3.8, 4) is 0 Å². The van der Waals surface area contributed by atoms with Gasteiger partial charge < -0.3 is 10.6 Å². The highest BCUT2D eigenvalue weighted by molar-refractivity contribution is 6.34. The summed E-state index contributed by atoms with van der Waals surface area (Å²) in [6.45, 7) is 5.58. The zero-order valence-corrected chi connectivity index (χ0v) is 16.3. The Balaban J connectivity index is 1.39. The molecule has 1 amide bonds. The van der Waals surface area contributed by atoms with E-state index in [2.05, 4.69) is 27.7 Å². The van der Waals surface area contributed by atoms with Gasteiger partial charge >= 0.3 is 0 Å². The number of nitrogens with zero attached hydrogens (tertiary/aromatic N) is 1. The second-order valence-corrected chi connectivity index (χ2v) is 8.25. The Morgan fingerprint density at radius 1 is 1.11 bits per heavy atom. The van der Waals surface area contributed by atoms with Gasteiger partial charge in [-0.1, -0.05) is 35.9 Å². The van der Waals surface area contributed by atoms with Gasteiger partial charge in [-0.25, -0.2) is 0 Å². The molecular formula is C22H26ClN3O. The van der Waals surface area contributed by atoms with Crippen LogP contribution in [0.4, 0.5) is 5.69 Å². The molecule has 2 aromatic carbocycles. The minimum atomic E-state index is -0.174. The third-order valence-electron chi connectivity index (χ3n) is 5.89. The first-order valence-electron chi connectivity index (χ1n) is 9.72. The summed E-state index contributed by atoms with van der Waals surface area (Å²) in [5.74, 6) is -0.174. The molecule has 4 rings (SSSR count). The van der Waals surface area contributed by atoms with Gasteiger partial charge in [0.1, 0.15) is 0 Å². The Bertz CT molecular complexity index is 817. The van der Waals surface area contributed by atoms with E-state index in [0.717, 1.165) is 31.9 Å². The first kappa shape index (κ1) is 18.5. The Labute approximate surface area is 165 Å². The third kappa shape index (κ3) is 4.34. The van der Waals surface area contributed by atoms with E-state index in [1.165, 1.54) is 31.4 Å². The number of nitrogens with one attached hydrogen (secondary N) is 2. The number of rotatable bonds is 4. The maximum Gasteiger partial charge on any atom is 0.257 e. The highest BCUT2D eigenvalue weighted by Crippen LogP contribution is 2.39. The lowest BCUT2D eigenvalue weighted by Crippen LogP contribution is -2.38. The van der Waals surface area contributed by atoms with E-state index < -0.39 is 0 Å². The van der Waals surface area contributed by atoms with Crippen LogP contribution in [0, 0.1) is 5.41 Å². The van der Waals surface area contributed by atoms with E-state index in [4.69, 9.17) is 11.6 Å². The molecule has 2 saturated heterocycles. The maximum absolute atomic E-state index is 12.5. The summed E-state index contributed by atoms with van der Waals surface area (Å²) < 4.78 is 0. The number of likely N-dealkylation sites (tertiary alicyclic amines) is 1. The summed E-state index contributed by atoms with van der Waals surface area (Å²) in [4.78, 5) is 15.0. The number of anilines is 1. The normalized spacial score (nSPS) is 19.3. The highest BCUT2D eigenvalue weighted by atomic mass is 35.5. The molecule has 1 spiro atoms. The van der Waals surface area contributed by atoms with Gasteiger partial charge in [0.05, 0.1) is 10.6 Å². The third-order valence-corrected chi connectivity index (χ3v) is 6.22. The first-order valence-corrected chi connectivity index (χ1v) is 10.1. The molecule has 0 unspecified atom stereocenters. The maximum atomic E-state index is 12.5. The minimum Gasteiger partial charge on any atom is -0.322 e. The Kier molecular flexibility index (Phi) is 5.48. The van der Waals surface area contributed by atoms with Crippen molar-refractivity contribution in [1.82, 2.24) is 10.2 Å². The zero-order chi connectivity index (χ0) is 18.7. The first-order chi connectivity index (χ1) is 13.1. The number of hydrogen-bond donors (Lipinski definition) is 2. The summed E-state index contributed by atoms with van der Waals surface area (Å²) in [5, 5.41) is 6.91. The van der Waals surface area contributed by atoms with Crippen LogP contribution in [0.15, 0.2) is 48.5 Å². The molecule has 0 saturated carbocycles. The lowest BCUT2D eigenvalue weighted by molar-refractivity contribution is 0.102. The van der Waals surface area contributed by atoms with Crippen LogP contribution in [-0.4, -0.2) is 37.0 Å². The molecular weight excluding hydrogens is 358 g/mol. The number of carbonyl (C=O) groups is 1. The fraction of sp³-hybridized carbons (Fsp3) is 0.409. The average molecular weight is 384 g/mol. The van der Waals surface area contributed by atoms with Gasteiger partial charge in [-0.05, 0) is 74.1 Å². The summed E-state index contributed by atoms with van der Waals surface area (Å²) in [6.07, 6.45) is 3.88. The van der Waals surface area contributed by atoms with Crippen molar-refractivity contribution in [2.75, 3.05) is 31.5 Å². The summed E-state index contributed by atoms with van der Waals surface area (Å²) in [5.41, 5.74) is 3.06. The van der Waals surface area contributed by atoms with Crippen LogP contribution in [0.3, 0.4) is 0 Å². The molecule has 0 aromatic heterocycles. The Morgan fingerprint density at radius 3 is 2.74 bits per heavy atom. The van der Waals surface area contributed by atoms with Crippen molar-refractivity contribution in [3.63, 3.8) is 0 Å². The largest absolute Gasteiger partial charge is 0.322 e. The van der Waals surface area contributed by atoms with Crippen molar-refractivity contribution in [2.45, 2.75) is 25.8 Å². The molecule has 2 aromatic rings. The molecule has 2 fully saturated rings. The molecule has 4 nitrogen and oxygen atoms in total. The van der Waals surface area contributed by atoms with Gasteiger partial charge in [-0.2, -0.15) is 0 Å². The van der Waals surface area contributed by atoms with Gasteiger partial charge in [-0.3, -0.25) is 9.69 Å². The van der Waals surface area contributed by atoms with Gasteiger partial charge in [0.2, 0.25) is 0 Å². The lowest BCUT2D eigenvalue weighted by Gasteiger charge is -2.34. The number of carbonyl (C=O) groups excluding carboxylic acids is 1. The van der Waals surface area contributed by atoms with Crippen molar-refractivity contribution in [3.05, 3.63) is 64.7 Å². The molecule has 0 aliphatic carbocycles. The molecule has 142 valence electrons. The van der Waals surface area contributed by atoms with Crippen molar-refractivity contribution < 1.29 is 4.79 Å². The number of benzene rings is 2. The van der Waals surface area contributed by atoms with E-state index in [-0.39, 0.29) is 5.91 Å². The molecule has 2 aliphatic rings. The van der Waals surface area contributed by atoms with Crippen molar-refractivity contribution in [1.29, 1.82) is 0 Å².